The molecule has 106 valence electrons. The van der Waals surface area contributed by atoms with Crippen LogP contribution in [0.5, 0.6) is 0 Å². The van der Waals surface area contributed by atoms with Crippen molar-refractivity contribution in [2.24, 2.45) is 0 Å². The van der Waals surface area contributed by atoms with Gasteiger partial charge in [0.15, 0.2) is 0 Å². The molecule has 0 radical (unpaired) electrons. The van der Waals surface area contributed by atoms with Crippen molar-refractivity contribution in [1.29, 1.82) is 0 Å². The Morgan fingerprint density at radius 3 is 2.65 bits per heavy atom. The Kier molecular flexibility index (Phi) is 3.03. The van der Waals surface area contributed by atoms with Gasteiger partial charge in [0.25, 0.3) is 0 Å². The smallest absolute Gasteiger partial charge is 0.240 e. The number of rotatable bonds is 3. The summed E-state index contributed by atoms with van der Waals surface area (Å²) in [5.41, 5.74) is 2.92. The van der Waals surface area contributed by atoms with Gasteiger partial charge in [0, 0.05) is 18.6 Å². The molecular weight excluding hydrogens is 248 g/mol. The Hall–Kier alpha value is -1.35. The third kappa shape index (κ3) is 2.24. The van der Waals surface area contributed by atoms with Crippen molar-refractivity contribution >= 4 is 5.91 Å². The molecule has 1 amide bonds. The van der Waals surface area contributed by atoms with Crippen LogP contribution in [0.25, 0.3) is 0 Å². The fourth-order valence-electron chi connectivity index (χ4n) is 3.70. The van der Waals surface area contributed by atoms with Gasteiger partial charge in [0.2, 0.25) is 5.91 Å². The third-order valence-electron chi connectivity index (χ3n) is 5.02. The fourth-order valence-corrected chi connectivity index (χ4v) is 3.70. The highest BCUT2D eigenvalue weighted by Crippen LogP contribution is 2.28. The van der Waals surface area contributed by atoms with Gasteiger partial charge in [-0.3, -0.25) is 4.79 Å². The van der Waals surface area contributed by atoms with E-state index < -0.39 is 0 Å². The molecule has 20 heavy (non-hydrogen) atoms. The Bertz CT molecular complexity index is 523. The van der Waals surface area contributed by atoms with Crippen LogP contribution < -0.4 is 5.32 Å². The van der Waals surface area contributed by atoms with Gasteiger partial charge in [-0.25, -0.2) is 0 Å². The van der Waals surface area contributed by atoms with Crippen molar-refractivity contribution in [3.63, 3.8) is 0 Å². The topological polar surface area (TPSA) is 32.3 Å². The second kappa shape index (κ2) is 4.88. The van der Waals surface area contributed by atoms with E-state index in [1.807, 2.05) is 0 Å². The zero-order valence-electron chi connectivity index (χ0n) is 11.8. The molecule has 1 heterocycles. The van der Waals surface area contributed by atoms with Gasteiger partial charge in [0.1, 0.15) is 0 Å². The molecule has 1 aromatic rings. The largest absolute Gasteiger partial charge is 0.338 e. The summed E-state index contributed by atoms with van der Waals surface area (Å²) >= 11 is 0. The Labute approximate surface area is 120 Å². The van der Waals surface area contributed by atoms with Gasteiger partial charge in [-0.15, -0.1) is 0 Å². The Balaban J connectivity index is 1.45. The van der Waals surface area contributed by atoms with E-state index in [2.05, 4.69) is 34.5 Å². The summed E-state index contributed by atoms with van der Waals surface area (Å²) < 4.78 is 0. The maximum Gasteiger partial charge on any atom is 0.240 e. The Morgan fingerprint density at radius 1 is 1.05 bits per heavy atom. The number of carbonyl (C=O) groups is 1. The molecule has 1 saturated carbocycles. The molecule has 3 heteroatoms. The first-order chi connectivity index (χ1) is 9.81. The lowest BCUT2D eigenvalue weighted by Gasteiger charge is -2.32. The zero-order valence-corrected chi connectivity index (χ0v) is 11.8. The van der Waals surface area contributed by atoms with E-state index in [9.17, 15) is 4.79 Å². The van der Waals surface area contributed by atoms with Crippen LogP contribution in [0, 0.1) is 0 Å². The number of amides is 1. The highest BCUT2D eigenvalue weighted by molar-refractivity contribution is 5.84. The van der Waals surface area contributed by atoms with E-state index in [0.717, 1.165) is 32.2 Å². The number of aryl methyl sites for hydroxylation is 1. The molecule has 2 aliphatic carbocycles. The SMILES string of the molecule is O=C1C(NC2CC2)CCN1C1CCc2ccccc2C1. The molecule has 2 fully saturated rings. The average Bonchev–Trinajstić information content (AvgIpc) is 3.23. The standard InChI is InChI=1S/C17H22N2O/c20-17-16(18-14-6-7-14)9-10-19(17)15-8-5-12-3-1-2-4-13(12)11-15/h1-4,14-16,18H,5-11H2. The lowest BCUT2D eigenvalue weighted by Crippen LogP contribution is -2.45. The number of carbonyl (C=O) groups excluding carboxylic acids is 1. The van der Waals surface area contributed by atoms with E-state index in [4.69, 9.17) is 0 Å². The normalized spacial score (nSPS) is 29.6. The van der Waals surface area contributed by atoms with E-state index in [0.29, 0.717) is 18.0 Å². The number of hydrogen-bond acceptors (Lipinski definition) is 2. The maximum absolute atomic E-state index is 12.5. The van der Waals surface area contributed by atoms with Crippen LogP contribution in [-0.2, 0) is 17.6 Å². The van der Waals surface area contributed by atoms with Crippen LogP contribution in [0.1, 0.15) is 36.8 Å². The number of nitrogens with one attached hydrogen (secondary N) is 1. The zero-order chi connectivity index (χ0) is 13.5. The van der Waals surface area contributed by atoms with Gasteiger partial charge in [-0.05, 0) is 49.7 Å². The number of benzene rings is 1. The molecule has 4 rings (SSSR count). The minimum Gasteiger partial charge on any atom is -0.338 e. The van der Waals surface area contributed by atoms with Gasteiger partial charge < -0.3 is 10.2 Å². The average molecular weight is 270 g/mol. The van der Waals surface area contributed by atoms with Crippen LogP contribution in [0.4, 0.5) is 0 Å². The molecule has 3 aliphatic rings. The van der Waals surface area contributed by atoms with E-state index >= 15 is 0 Å². The van der Waals surface area contributed by atoms with Crippen molar-refractivity contribution in [3.05, 3.63) is 35.4 Å². The van der Waals surface area contributed by atoms with Crippen LogP contribution in [0.3, 0.4) is 0 Å². The van der Waals surface area contributed by atoms with Crippen molar-refractivity contribution in [1.82, 2.24) is 10.2 Å². The van der Waals surface area contributed by atoms with Gasteiger partial charge in [-0.1, -0.05) is 24.3 Å². The lowest BCUT2D eigenvalue weighted by atomic mass is 9.87. The molecule has 0 bridgehead atoms. The predicted molar refractivity (Wildman–Crippen MR) is 78.5 cm³/mol. The molecule has 3 nitrogen and oxygen atoms in total. The molecule has 0 aromatic heterocycles. The quantitative estimate of drug-likeness (QED) is 0.910. The summed E-state index contributed by atoms with van der Waals surface area (Å²) in [5, 5.41) is 3.50. The second-order valence-corrected chi connectivity index (χ2v) is 6.48. The van der Waals surface area contributed by atoms with Gasteiger partial charge >= 0.3 is 0 Å². The van der Waals surface area contributed by atoms with Crippen LogP contribution in [0.2, 0.25) is 0 Å². The first-order valence-corrected chi connectivity index (χ1v) is 7.94. The van der Waals surface area contributed by atoms with Crippen molar-refractivity contribution in [2.75, 3.05) is 6.54 Å². The minimum atomic E-state index is 0.0969. The molecule has 1 aromatic carbocycles. The van der Waals surface area contributed by atoms with Crippen molar-refractivity contribution < 1.29 is 4.79 Å². The molecule has 1 N–H and O–H groups in total. The second-order valence-electron chi connectivity index (χ2n) is 6.48. The molecule has 0 spiro atoms. The van der Waals surface area contributed by atoms with E-state index in [-0.39, 0.29) is 6.04 Å². The third-order valence-corrected chi connectivity index (χ3v) is 5.02. The summed E-state index contributed by atoms with van der Waals surface area (Å²) in [6.07, 6.45) is 6.77. The highest BCUT2D eigenvalue weighted by atomic mass is 16.2. The van der Waals surface area contributed by atoms with Crippen LogP contribution in [0.15, 0.2) is 24.3 Å². The molecule has 1 saturated heterocycles. The first kappa shape index (κ1) is 12.4. The van der Waals surface area contributed by atoms with Gasteiger partial charge in [0.05, 0.1) is 6.04 Å². The van der Waals surface area contributed by atoms with E-state index in [1.54, 1.807) is 0 Å². The summed E-state index contributed by atoms with van der Waals surface area (Å²) in [6, 6.07) is 9.83. The lowest BCUT2D eigenvalue weighted by molar-refractivity contribution is -0.131. The molecule has 2 unspecified atom stereocenters. The Morgan fingerprint density at radius 2 is 1.85 bits per heavy atom. The number of likely N-dealkylation sites (tertiary alicyclic amines) is 1. The minimum absolute atomic E-state index is 0.0969. The molecule has 2 atom stereocenters. The summed E-state index contributed by atoms with van der Waals surface area (Å²) in [7, 11) is 0. The predicted octanol–water partition coefficient (Wildman–Crippen LogP) is 1.90. The van der Waals surface area contributed by atoms with Crippen LogP contribution >= 0.6 is 0 Å². The summed E-state index contributed by atoms with van der Waals surface area (Å²) in [6.45, 7) is 0.941. The summed E-state index contributed by atoms with van der Waals surface area (Å²) in [4.78, 5) is 14.7. The highest BCUT2D eigenvalue weighted by Gasteiger charge is 2.39. The first-order valence-electron chi connectivity index (χ1n) is 7.94. The maximum atomic E-state index is 12.5. The molecular formula is C17H22N2O. The number of fused-ring (bicyclic) bond motifs is 1. The van der Waals surface area contributed by atoms with Crippen LogP contribution in [-0.4, -0.2) is 35.5 Å². The fraction of sp³-hybridized carbons (Fsp3) is 0.588. The van der Waals surface area contributed by atoms with Crippen molar-refractivity contribution in [2.45, 2.75) is 56.7 Å². The number of hydrogen-bond donors (Lipinski definition) is 1. The summed E-state index contributed by atoms with van der Waals surface area (Å²) in [5.74, 6) is 0.348. The monoisotopic (exact) mass is 270 g/mol. The van der Waals surface area contributed by atoms with Gasteiger partial charge in [-0.2, -0.15) is 0 Å². The number of nitrogens with zero attached hydrogens (tertiary/aromatic N) is 1. The molecule has 1 aliphatic heterocycles. The van der Waals surface area contributed by atoms with Crippen molar-refractivity contribution in [3.8, 4) is 0 Å². The van der Waals surface area contributed by atoms with E-state index in [1.165, 1.54) is 24.0 Å².